The van der Waals surface area contributed by atoms with E-state index in [0.717, 1.165) is 53.4 Å². The SMILES string of the molecule is Cc1c(-c2ccc(=O)n(C3CCCC3)c2)c2ccccc2n1CC(=O)O. The molecule has 2 heterocycles. The standard InChI is InChI=1S/C21H22N2O3/c1-14-21(17-8-4-5-9-18(17)22(14)13-20(25)26)15-10-11-19(24)23(12-15)16-6-2-3-7-16/h4-5,8-12,16H,2-3,6-7,13H2,1H3,(H,25,26). The Balaban J connectivity index is 1.92. The quantitative estimate of drug-likeness (QED) is 0.774. The average molecular weight is 350 g/mol. The third-order valence-electron chi connectivity index (χ3n) is 5.47. The molecule has 0 aliphatic heterocycles. The number of pyridine rings is 1. The predicted molar refractivity (Wildman–Crippen MR) is 102 cm³/mol. The molecule has 3 aromatic rings. The first-order chi connectivity index (χ1) is 12.6. The van der Waals surface area contributed by atoms with Gasteiger partial charge in [0.1, 0.15) is 6.54 Å². The summed E-state index contributed by atoms with van der Waals surface area (Å²) in [6.07, 6.45) is 6.38. The van der Waals surface area contributed by atoms with Crippen molar-refractivity contribution in [1.82, 2.24) is 9.13 Å². The van der Waals surface area contributed by atoms with Crippen molar-refractivity contribution in [2.24, 2.45) is 0 Å². The number of aromatic nitrogens is 2. The Morgan fingerprint density at radius 2 is 1.88 bits per heavy atom. The molecule has 0 bridgehead atoms. The van der Waals surface area contributed by atoms with E-state index in [2.05, 4.69) is 0 Å². The highest BCUT2D eigenvalue weighted by molar-refractivity contribution is 5.98. The number of carboxylic acid groups (broad SMARTS) is 1. The third kappa shape index (κ3) is 2.73. The van der Waals surface area contributed by atoms with E-state index in [9.17, 15) is 14.7 Å². The summed E-state index contributed by atoms with van der Waals surface area (Å²) in [6.45, 7) is 1.87. The molecule has 2 aromatic heterocycles. The number of carbonyl (C=O) groups is 1. The van der Waals surface area contributed by atoms with Crippen LogP contribution in [0.2, 0.25) is 0 Å². The van der Waals surface area contributed by atoms with Gasteiger partial charge < -0.3 is 14.2 Å². The topological polar surface area (TPSA) is 64.2 Å². The number of fused-ring (bicyclic) bond motifs is 1. The second-order valence-corrected chi connectivity index (χ2v) is 7.06. The lowest BCUT2D eigenvalue weighted by molar-refractivity contribution is -0.137. The maximum Gasteiger partial charge on any atom is 0.323 e. The zero-order valence-electron chi connectivity index (χ0n) is 14.8. The Kier molecular flexibility index (Phi) is 4.15. The number of para-hydroxylation sites is 1. The molecule has 4 rings (SSSR count). The van der Waals surface area contributed by atoms with Crippen LogP contribution in [0.1, 0.15) is 37.4 Å². The summed E-state index contributed by atoms with van der Waals surface area (Å²) in [5, 5.41) is 10.3. The number of nitrogens with zero attached hydrogens (tertiary/aromatic N) is 2. The van der Waals surface area contributed by atoms with Crippen molar-refractivity contribution >= 4 is 16.9 Å². The van der Waals surface area contributed by atoms with Gasteiger partial charge in [0.15, 0.2) is 0 Å². The van der Waals surface area contributed by atoms with E-state index in [4.69, 9.17) is 0 Å². The molecule has 0 spiro atoms. The van der Waals surface area contributed by atoms with Crippen LogP contribution in [0.25, 0.3) is 22.0 Å². The van der Waals surface area contributed by atoms with Crippen LogP contribution in [0.5, 0.6) is 0 Å². The van der Waals surface area contributed by atoms with Gasteiger partial charge in [-0.05, 0) is 31.9 Å². The van der Waals surface area contributed by atoms with Gasteiger partial charge in [-0.2, -0.15) is 0 Å². The first-order valence-corrected chi connectivity index (χ1v) is 9.08. The van der Waals surface area contributed by atoms with Gasteiger partial charge in [0.25, 0.3) is 5.56 Å². The van der Waals surface area contributed by atoms with Gasteiger partial charge in [0.05, 0.1) is 0 Å². The molecule has 1 aliphatic rings. The predicted octanol–water partition coefficient (Wildman–Crippen LogP) is 3.98. The van der Waals surface area contributed by atoms with Crippen molar-refractivity contribution in [3.05, 3.63) is 58.6 Å². The molecular weight excluding hydrogens is 328 g/mol. The molecule has 0 saturated heterocycles. The van der Waals surface area contributed by atoms with Crippen LogP contribution in [0, 0.1) is 6.92 Å². The molecule has 5 heteroatoms. The van der Waals surface area contributed by atoms with Crippen molar-refractivity contribution < 1.29 is 9.90 Å². The molecule has 1 N–H and O–H groups in total. The molecule has 0 amide bonds. The monoisotopic (exact) mass is 350 g/mol. The van der Waals surface area contributed by atoms with Crippen molar-refractivity contribution in [2.75, 3.05) is 0 Å². The molecule has 1 saturated carbocycles. The fourth-order valence-electron chi connectivity index (χ4n) is 4.25. The van der Waals surface area contributed by atoms with Crippen molar-refractivity contribution in [3.8, 4) is 11.1 Å². The summed E-state index contributed by atoms with van der Waals surface area (Å²) in [7, 11) is 0. The summed E-state index contributed by atoms with van der Waals surface area (Å²) in [5.74, 6) is -0.865. The van der Waals surface area contributed by atoms with Crippen LogP contribution in [0.15, 0.2) is 47.4 Å². The minimum Gasteiger partial charge on any atom is -0.480 e. The fourth-order valence-corrected chi connectivity index (χ4v) is 4.25. The lowest BCUT2D eigenvalue weighted by atomic mass is 10.0. The van der Waals surface area contributed by atoms with Gasteiger partial charge in [-0.1, -0.05) is 31.0 Å². The number of carboxylic acids is 1. The van der Waals surface area contributed by atoms with Crippen molar-refractivity contribution in [3.63, 3.8) is 0 Å². The lowest BCUT2D eigenvalue weighted by Gasteiger charge is -2.15. The molecule has 5 nitrogen and oxygen atoms in total. The Bertz CT molecular complexity index is 1040. The Morgan fingerprint density at radius 3 is 2.62 bits per heavy atom. The summed E-state index contributed by atoms with van der Waals surface area (Å²) >= 11 is 0. The van der Waals surface area contributed by atoms with E-state index in [1.807, 2.05) is 52.6 Å². The molecule has 1 aliphatic carbocycles. The van der Waals surface area contributed by atoms with E-state index >= 15 is 0 Å². The molecule has 134 valence electrons. The number of benzene rings is 1. The minimum atomic E-state index is -0.865. The van der Waals surface area contributed by atoms with E-state index in [1.54, 1.807) is 6.07 Å². The number of aliphatic carboxylic acids is 1. The van der Waals surface area contributed by atoms with Gasteiger partial charge in [0.2, 0.25) is 0 Å². The van der Waals surface area contributed by atoms with Crippen molar-refractivity contribution in [1.29, 1.82) is 0 Å². The van der Waals surface area contributed by atoms with Crippen LogP contribution in [0.4, 0.5) is 0 Å². The van der Waals surface area contributed by atoms with Gasteiger partial charge >= 0.3 is 5.97 Å². The molecule has 0 atom stereocenters. The Labute approximate surface area is 151 Å². The first-order valence-electron chi connectivity index (χ1n) is 9.08. The van der Waals surface area contributed by atoms with Crippen molar-refractivity contribution in [2.45, 2.75) is 45.2 Å². The maximum atomic E-state index is 12.4. The molecule has 26 heavy (non-hydrogen) atoms. The average Bonchev–Trinajstić information content (AvgIpc) is 3.24. The zero-order valence-corrected chi connectivity index (χ0v) is 14.8. The number of hydrogen-bond acceptors (Lipinski definition) is 2. The number of rotatable bonds is 4. The second-order valence-electron chi connectivity index (χ2n) is 7.06. The summed E-state index contributed by atoms with van der Waals surface area (Å²) in [4.78, 5) is 23.7. The molecule has 1 fully saturated rings. The van der Waals surface area contributed by atoms with Gasteiger partial charge in [-0.3, -0.25) is 9.59 Å². The third-order valence-corrected chi connectivity index (χ3v) is 5.47. The second kappa shape index (κ2) is 6.48. The van der Waals surface area contributed by atoms with Gasteiger partial charge in [-0.15, -0.1) is 0 Å². The van der Waals surface area contributed by atoms with Gasteiger partial charge in [-0.25, -0.2) is 0 Å². The molecule has 0 radical (unpaired) electrons. The summed E-state index contributed by atoms with van der Waals surface area (Å²) < 4.78 is 3.70. The molecule has 1 aromatic carbocycles. The summed E-state index contributed by atoms with van der Waals surface area (Å²) in [6, 6.07) is 11.6. The van der Waals surface area contributed by atoms with Gasteiger partial charge in [0, 0.05) is 46.0 Å². The molecular formula is C21H22N2O3. The number of hydrogen-bond donors (Lipinski definition) is 1. The largest absolute Gasteiger partial charge is 0.480 e. The van der Waals surface area contributed by atoms with Crippen LogP contribution in [-0.4, -0.2) is 20.2 Å². The Morgan fingerprint density at radius 1 is 1.15 bits per heavy atom. The van der Waals surface area contributed by atoms with E-state index < -0.39 is 5.97 Å². The lowest BCUT2D eigenvalue weighted by Crippen LogP contribution is -2.22. The van der Waals surface area contributed by atoms with E-state index in [0.29, 0.717) is 0 Å². The minimum absolute atomic E-state index is 0.0348. The normalized spacial score (nSPS) is 15.0. The van der Waals surface area contributed by atoms with Crippen LogP contribution in [0.3, 0.4) is 0 Å². The molecule has 0 unspecified atom stereocenters. The highest BCUT2D eigenvalue weighted by atomic mass is 16.4. The van der Waals surface area contributed by atoms with Crippen LogP contribution in [-0.2, 0) is 11.3 Å². The first kappa shape index (κ1) is 16.6. The van der Waals surface area contributed by atoms with Crippen LogP contribution < -0.4 is 5.56 Å². The highest BCUT2D eigenvalue weighted by Gasteiger charge is 2.21. The maximum absolute atomic E-state index is 12.4. The summed E-state index contributed by atoms with van der Waals surface area (Å²) in [5.41, 5.74) is 3.82. The van der Waals surface area contributed by atoms with E-state index in [1.165, 1.54) is 0 Å². The van der Waals surface area contributed by atoms with Crippen LogP contribution >= 0.6 is 0 Å². The zero-order chi connectivity index (χ0) is 18.3. The highest BCUT2D eigenvalue weighted by Crippen LogP contribution is 2.35. The fraction of sp³-hybridized carbons (Fsp3) is 0.333. The Hall–Kier alpha value is -2.82. The van der Waals surface area contributed by atoms with E-state index in [-0.39, 0.29) is 18.1 Å². The smallest absolute Gasteiger partial charge is 0.323 e.